The lowest BCUT2D eigenvalue weighted by Gasteiger charge is -2.21. The SMILES string of the molecule is CCN(CC)c1ccc(-c2sc(C)cc2C)cc1. The molecule has 0 aliphatic carbocycles. The molecule has 0 aliphatic heterocycles. The van der Waals surface area contributed by atoms with E-state index in [0.717, 1.165) is 13.1 Å². The minimum absolute atomic E-state index is 1.06. The molecule has 18 heavy (non-hydrogen) atoms. The van der Waals surface area contributed by atoms with Gasteiger partial charge in [-0.05, 0) is 57.0 Å². The van der Waals surface area contributed by atoms with Gasteiger partial charge in [0.15, 0.2) is 0 Å². The highest BCUT2D eigenvalue weighted by molar-refractivity contribution is 7.15. The topological polar surface area (TPSA) is 3.24 Å². The molecule has 0 bridgehead atoms. The van der Waals surface area contributed by atoms with Crippen LogP contribution in [-0.2, 0) is 0 Å². The van der Waals surface area contributed by atoms with Crippen LogP contribution in [0.5, 0.6) is 0 Å². The number of nitrogens with zero attached hydrogens (tertiary/aromatic N) is 1. The molecule has 0 saturated carbocycles. The van der Waals surface area contributed by atoms with Crippen molar-refractivity contribution in [3.8, 4) is 10.4 Å². The molecule has 0 amide bonds. The highest BCUT2D eigenvalue weighted by Gasteiger charge is 2.07. The molecule has 0 saturated heterocycles. The molecule has 1 heterocycles. The van der Waals surface area contributed by atoms with Gasteiger partial charge in [0, 0.05) is 28.5 Å². The fourth-order valence-electron chi connectivity index (χ4n) is 2.34. The Morgan fingerprint density at radius 1 is 1.00 bits per heavy atom. The first-order chi connectivity index (χ1) is 8.65. The summed E-state index contributed by atoms with van der Waals surface area (Å²) in [6, 6.07) is 11.2. The second kappa shape index (κ2) is 5.57. The third-order valence-electron chi connectivity index (χ3n) is 3.30. The molecular formula is C16H21NS. The molecule has 1 aromatic carbocycles. The average Bonchev–Trinajstić information content (AvgIpc) is 2.71. The number of aryl methyl sites for hydroxylation is 2. The van der Waals surface area contributed by atoms with Crippen molar-refractivity contribution in [2.75, 3.05) is 18.0 Å². The molecule has 0 N–H and O–H groups in total. The van der Waals surface area contributed by atoms with Crippen molar-refractivity contribution < 1.29 is 0 Å². The first-order valence-electron chi connectivity index (χ1n) is 6.58. The minimum atomic E-state index is 1.06. The van der Waals surface area contributed by atoms with Gasteiger partial charge in [-0.25, -0.2) is 0 Å². The van der Waals surface area contributed by atoms with Crippen molar-refractivity contribution >= 4 is 17.0 Å². The number of hydrogen-bond acceptors (Lipinski definition) is 2. The largest absolute Gasteiger partial charge is 0.372 e. The van der Waals surface area contributed by atoms with Crippen molar-refractivity contribution in [1.82, 2.24) is 0 Å². The van der Waals surface area contributed by atoms with Gasteiger partial charge in [0.05, 0.1) is 0 Å². The molecule has 0 radical (unpaired) electrons. The Morgan fingerprint density at radius 3 is 2.06 bits per heavy atom. The zero-order valence-corrected chi connectivity index (χ0v) is 12.5. The van der Waals surface area contributed by atoms with Crippen molar-refractivity contribution in [2.45, 2.75) is 27.7 Å². The van der Waals surface area contributed by atoms with Crippen LogP contribution in [0, 0.1) is 13.8 Å². The van der Waals surface area contributed by atoms with E-state index in [9.17, 15) is 0 Å². The molecule has 2 heteroatoms. The van der Waals surface area contributed by atoms with Crippen molar-refractivity contribution in [1.29, 1.82) is 0 Å². The minimum Gasteiger partial charge on any atom is -0.372 e. The van der Waals surface area contributed by atoms with Crippen LogP contribution in [0.2, 0.25) is 0 Å². The van der Waals surface area contributed by atoms with Crippen LogP contribution in [0.1, 0.15) is 24.3 Å². The van der Waals surface area contributed by atoms with Gasteiger partial charge >= 0.3 is 0 Å². The smallest absolute Gasteiger partial charge is 0.0374 e. The van der Waals surface area contributed by atoms with Gasteiger partial charge in [0.1, 0.15) is 0 Å². The Kier molecular flexibility index (Phi) is 4.07. The van der Waals surface area contributed by atoms with E-state index in [-0.39, 0.29) is 0 Å². The molecular weight excluding hydrogens is 238 g/mol. The van der Waals surface area contributed by atoms with Crippen LogP contribution in [0.25, 0.3) is 10.4 Å². The number of thiophene rings is 1. The second-order valence-corrected chi connectivity index (χ2v) is 5.84. The van der Waals surface area contributed by atoms with Gasteiger partial charge < -0.3 is 4.90 Å². The number of rotatable bonds is 4. The van der Waals surface area contributed by atoms with Crippen molar-refractivity contribution in [3.63, 3.8) is 0 Å². The average molecular weight is 259 g/mol. The van der Waals surface area contributed by atoms with Gasteiger partial charge in [0.25, 0.3) is 0 Å². The molecule has 0 unspecified atom stereocenters. The molecule has 0 atom stereocenters. The van der Waals surface area contributed by atoms with E-state index >= 15 is 0 Å². The van der Waals surface area contributed by atoms with Gasteiger partial charge in [-0.15, -0.1) is 11.3 Å². The normalized spacial score (nSPS) is 10.7. The molecule has 0 spiro atoms. The van der Waals surface area contributed by atoms with Crippen molar-refractivity contribution in [2.24, 2.45) is 0 Å². The standard InChI is InChI=1S/C16H21NS/c1-5-17(6-2)15-9-7-14(8-10-15)16-12(3)11-13(4)18-16/h7-11H,5-6H2,1-4H3. The number of anilines is 1. The maximum atomic E-state index is 2.37. The van der Waals surface area contributed by atoms with Crippen LogP contribution < -0.4 is 4.90 Å². The Bertz CT molecular complexity index is 506. The Hall–Kier alpha value is -1.28. The highest BCUT2D eigenvalue weighted by atomic mass is 32.1. The number of hydrogen-bond donors (Lipinski definition) is 0. The molecule has 1 aromatic heterocycles. The first-order valence-corrected chi connectivity index (χ1v) is 7.39. The van der Waals surface area contributed by atoms with E-state index in [0.29, 0.717) is 0 Å². The van der Waals surface area contributed by atoms with Crippen LogP contribution in [0.15, 0.2) is 30.3 Å². The molecule has 0 fully saturated rings. The molecule has 2 aromatic rings. The van der Waals surface area contributed by atoms with E-state index < -0.39 is 0 Å². The Balaban J connectivity index is 2.30. The summed E-state index contributed by atoms with van der Waals surface area (Å²) in [6.45, 7) is 10.9. The summed E-state index contributed by atoms with van der Waals surface area (Å²) in [5, 5.41) is 0. The van der Waals surface area contributed by atoms with Crippen LogP contribution >= 0.6 is 11.3 Å². The molecule has 2 rings (SSSR count). The summed E-state index contributed by atoms with van der Waals surface area (Å²) in [6.07, 6.45) is 0. The Labute approximate surface area is 114 Å². The predicted octanol–water partition coefficient (Wildman–Crippen LogP) is 4.88. The summed E-state index contributed by atoms with van der Waals surface area (Å²) < 4.78 is 0. The van der Waals surface area contributed by atoms with Gasteiger partial charge in [-0.2, -0.15) is 0 Å². The van der Waals surface area contributed by atoms with E-state index in [1.54, 1.807) is 0 Å². The fraction of sp³-hybridized carbons (Fsp3) is 0.375. The van der Waals surface area contributed by atoms with Gasteiger partial charge in [-0.3, -0.25) is 0 Å². The van der Waals surface area contributed by atoms with E-state index in [1.165, 1.54) is 26.6 Å². The van der Waals surface area contributed by atoms with Crippen LogP contribution in [-0.4, -0.2) is 13.1 Å². The maximum absolute atomic E-state index is 2.37. The summed E-state index contributed by atoms with van der Waals surface area (Å²) in [5.41, 5.74) is 4.03. The summed E-state index contributed by atoms with van der Waals surface area (Å²) >= 11 is 1.88. The zero-order chi connectivity index (χ0) is 13.1. The van der Waals surface area contributed by atoms with Gasteiger partial charge in [0.2, 0.25) is 0 Å². The van der Waals surface area contributed by atoms with Crippen LogP contribution in [0.4, 0.5) is 5.69 Å². The fourth-order valence-corrected chi connectivity index (χ4v) is 3.37. The van der Waals surface area contributed by atoms with Crippen molar-refractivity contribution in [3.05, 3.63) is 40.8 Å². The van der Waals surface area contributed by atoms with Gasteiger partial charge in [-0.1, -0.05) is 12.1 Å². The summed E-state index contributed by atoms with van der Waals surface area (Å²) in [5.74, 6) is 0. The molecule has 96 valence electrons. The lowest BCUT2D eigenvalue weighted by atomic mass is 10.1. The quantitative estimate of drug-likeness (QED) is 0.756. The van der Waals surface area contributed by atoms with E-state index in [1.807, 2.05) is 11.3 Å². The van der Waals surface area contributed by atoms with E-state index in [2.05, 4.69) is 62.9 Å². The maximum Gasteiger partial charge on any atom is 0.0374 e. The number of benzene rings is 1. The molecule has 1 nitrogen and oxygen atoms in total. The predicted molar refractivity (Wildman–Crippen MR) is 82.8 cm³/mol. The summed E-state index contributed by atoms with van der Waals surface area (Å²) in [7, 11) is 0. The zero-order valence-electron chi connectivity index (χ0n) is 11.7. The van der Waals surface area contributed by atoms with Crippen LogP contribution in [0.3, 0.4) is 0 Å². The second-order valence-electron chi connectivity index (χ2n) is 4.59. The lowest BCUT2D eigenvalue weighted by Crippen LogP contribution is -2.21. The van der Waals surface area contributed by atoms with E-state index in [4.69, 9.17) is 0 Å². The third-order valence-corrected chi connectivity index (χ3v) is 4.50. The third kappa shape index (κ3) is 2.59. The summed E-state index contributed by atoms with van der Waals surface area (Å²) in [4.78, 5) is 5.16. The first kappa shape index (κ1) is 13.2. The monoisotopic (exact) mass is 259 g/mol. The Morgan fingerprint density at radius 2 is 1.61 bits per heavy atom. The highest BCUT2D eigenvalue weighted by Crippen LogP contribution is 2.32. The molecule has 0 aliphatic rings. The lowest BCUT2D eigenvalue weighted by molar-refractivity contribution is 0.866.